The normalized spacial score (nSPS) is 10.3. The van der Waals surface area contributed by atoms with Crippen molar-refractivity contribution < 1.29 is 14.6 Å². The van der Waals surface area contributed by atoms with Gasteiger partial charge in [0.2, 0.25) is 0 Å². The molecule has 2 rings (SSSR count). The number of H-pyrrole nitrogens is 1. The molecule has 6 heteroatoms. The van der Waals surface area contributed by atoms with Crippen LogP contribution >= 0.6 is 0 Å². The first-order valence-corrected chi connectivity index (χ1v) is 5.73. The molecule has 0 saturated carbocycles. The predicted molar refractivity (Wildman–Crippen MR) is 70.7 cm³/mol. The van der Waals surface area contributed by atoms with Gasteiger partial charge in [0.15, 0.2) is 0 Å². The molecule has 100 valence electrons. The Morgan fingerprint density at radius 2 is 2.16 bits per heavy atom. The third-order valence-electron chi connectivity index (χ3n) is 2.82. The largest absolute Gasteiger partial charge is 0.507 e. The van der Waals surface area contributed by atoms with Crippen molar-refractivity contribution in [2.24, 2.45) is 0 Å². The molecule has 0 aliphatic heterocycles. The number of methoxy groups -OCH3 is 1. The number of aromatic amines is 1. The van der Waals surface area contributed by atoms with Gasteiger partial charge in [0.1, 0.15) is 11.5 Å². The fourth-order valence-electron chi connectivity index (χ4n) is 1.75. The number of carbonyl (C=O) groups is 1. The Morgan fingerprint density at radius 1 is 1.42 bits per heavy atom. The Bertz CT molecular complexity index is 600. The molecule has 2 aromatic rings. The van der Waals surface area contributed by atoms with E-state index < -0.39 is 5.91 Å². The van der Waals surface area contributed by atoms with Gasteiger partial charge in [-0.05, 0) is 26.0 Å². The number of aromatic hydroxyl groups is 1. The number of benzene rings is 1. The minimum Gasteiger partial charge on any atom is -0.507 e. The number of nitrogens with zero attached hydrogens (tertiary/aromatic N) is 1. The van der Waals surface area contributed by atoms with Gasteiger partial charge in [0.05, 0.1) is 29.7 Å². The van der Waals surface area contributed by atoms with Crippen LogP contribution in [-0.4, -0.2) is 28.3 Å². The maximum Gasteiger partial charge on any atom is 0.259 e. The predicted octanol–water partition coefficient (Wildman–Crippen LogP) is 1.99. The number of carbonyl (C=O) groups excluding carboxylic acids is 1. The van der Waals surface area contributed by atoms with Crippen molar-refractivity contribution in [1.82, 2.24) is 10.2 Å². The molecule has 0 unspecified atom stereocenters. The smallest absolute Gasteiger partial charge is 0.259 e. The van der Waals surface area contributed by atoms with Crippen LogP contribution in [0.3, 0.4) is 0 Å². The van der Waals surface area contributed by atoms with Crippen LogP contribution in [0, 0.1) is 13.8 Å². The van der Waals surface area contributed by atoms with Crippen LogP contribution in [0.1, 0.15) is 21.7 Å². The lowest BCUT2D eigenvalue weighted by molar-refractivity contribution is 0.102. The first kappa shape index (κ1) is 12.9. The highest BCUT2D eigenvalue weighted by Crippen LogP contribution is 2.25. The molecule has 0 fully saturated rings. The summed E-state index contributed by atoms with van der Waals surface area (Å²) in [5.74, 6) is -0.0341. The van der Waals surface area contributed by atoms with Crippen molar-refractivity contribution >= 4 is 11.6 Å². The second-order valence-corrected chi connectivity index (χ2v) is 4.15. The average Bonchev–Trinajstić information content (AvgIpc) is 2.70. The summed E-state index contributed by atoms with van der Waals surface area (Å²) < 4.78 is 4.97. The summed E-state index contributed by atoms with van der Waals surface area (Å²) in [5, 5.41) is 19.3. The van der Waals surface area contributed by atoms with Crippen LogP contribution in [0.25, 0.3) is 0 Å². The fraction of sp³-hybridized carbons (Fsp3) is 0.231. The molecule has 0 atom stereocenters. The number of aromatic nitrogens is 2. The highest BCUT2D eigenvalue weighted by molar-refractivity contribution is 6.06. The maximum atomic E-state index is 12.1. The number of amides is 1. The monoisotopic (exact) mass is 261 g/mol. The van der Waals surface area contributed by atoms with Gasteiger partial charge in [0.25, 0.3) is 5.91 Å². The molecule has 3 N–H and O–H groups in total. The molecule has 6 nitrogen and oxygen atoms in total. The third kappa shape index (κ3) is 2.52. The molecule has 1 amide bonds. The molecule has 0 saturated heterocycles. The average molecular weight is 261 g/mol. The zero-order valence-electron chi connectivity index (χ0n) is 10.9. The first-order chi connectivity index (χ1) is 9.02. The Kier molecular flexibility index (Phi) is 3.41. The third-order valence-corrected chi connectivity index (χ3v) is 2.82. The van der Waals surface area contributed by atoms with Crippen molar-refractivity contribution in [3.63, 3.8) is 0 Å². The van der Waals surface area contributed by atoms with Gasteiger partial charge in [-0.25, -0.2) is 0 Å². The van der Waals surface area contributed by atoms with Crippen molar-refractivity contribution in [2.45, 2.75) is 13.8 Å². The van der Waals surface area contributed by atoms with E-state index in [0.29, 0.717) is 17.1 Å². The van der Waals surface area contributed by atoms with Crippen molar-refractivity contribution in [3.05, 3.63) is 35.2 Å². The van der Waals surface area contributed by atoms with E-state index in [9.17, 15) is 9.90 Å². The van der Waals surface area contributed by atoms with Gasteiger partial charge in [-0.1, -0.05) is 0 Å². The summed E-state index contributed by atoms with van der Waals surface area (Å²) >= 11 is 0. The van der Waals surface area contributed by atoms with E-state index in [4.69, 9.17) is 4.74 Å². The van der Waals surface area contributed by atoms with E-state index in [1.54, 1.807) is 13.0 Å². The molecule has 0 radical (unpaired) electrons. The minimum atomic E-state index is -0.396. The van der Waals surface area contributed by atoms with E-state index >= 15 is 0 Å². The van der Waals surface area contributed by atoms with E-state index in [1.807, 2.05) is 6.92 Å². The number of hydrogen-bond acceptors (Lipinski definition) is 4. The number of aryl methyl sites for hydroxylation is 2. The Morgan fingerprint density at radius 3 is 2.68 bits per heavy atom. The van der Waals surface area contributed by atoms with Crippen LogP contribution in [0.15, 0.2) is 18.2 Å². The number of hydrogen-bond donors (Lipinski definition) is 3. The lowest BCUT2D eigenvalue weighted by Crippen LogP contribution is -2.13. The maximum absolute atomic E-state index is 12.1. The minimum absolute atomic E-state index is 0.129. The number of nitrogens with one attached hydrogen (secondary N) is 2. The van der Waals surface area contributed by atoms with E-state index in [-0.39, 0.29) is 11.3 Å². The Labute approximate surface area is 110 Å². The molecule has 1 heterocycles. The van der Waals surface area contributed by atoms with E-state index in [1.165, 1.54) is 19.2 Å². The number of ether oxygens (including phenoxy) is 1. The molecule has 0 aliphatic rings. The van der Waals surface area contributed by atoms with Crippen LogP contribution in [0.4, 0.5) is 5.69 Å². The van der Waals surface area contributed by atoms with Crippen molar-refractivity contribution in [1.29, 1.82) is 0 Å². The SMILES string of the molecule is COc1ccc(C(=O)Nc2c(C)n[nH]c2C)c(O)c1. The summed E-state index contributed by atoms with van der Waals surface area (Å²) in [4.78, 5) is 12.1. The number of rotatable bonds is 3. The van der Waals surface area contributed by atoms with E-state index in [0.717, 1.165) is 5.69 Å². The van der Waals surface area contributed by atoms with Gasteiger partial charge in [-0.3, -0.25) is 9.89 Å². The molecular weight excluding hydrogens is 246 g/mol. The molecule has 19 heavy (non-hydrogen) atoms. The molecule has 0 spiro atoms. The van der Waals surface area contributed by atoms with Crippen molar-refractivity contribution in [2.75, 3.05) is 12.4 Å². The van der Waals surface area contributed by atoms with E-state index in [2.05, 4.69) is 15.5 Å². The standard InChI is InChI=1S/C13H15N3O3/c1-7-12(8(2)16-15-7)14-13(18)10-5-4-9(19-3)6-11(10)17/h4-6,17H,1-3H3,(H,14,18)(H,15,16). The summed E-state index contributed by atoms with van der Waals surface area (Å²) in [6.07, 6.45) is 0. The second-order valence-electron chi connectivity index (χ2n) is 4.15. The van der Waals surface area contributed by atoms with Gasteiger partial charge in [-0.15, -0.1) is 0 Å². The quantitative estimate of drug-likeness (QED) is 0.788. The van der Waals surface area contributed by atoms with Gasteiger partial charge < -0.3 is 15.2 Å². The highest BCUT2D eigenvalue weighted by Gasteiger charge is 2.15. The molecule has 0 aliphatic carbocycles. The van der Waals surface area contributed by atoms with Crippen LogP contribution in [0.2, 0.25) is 0 Å². The van der Waals surface area contributed by atoms with Crippen LogP contribution < -0.4 is 10.1 Å². The number of anilines is 1. The summed E-state index contributed by atoms with van der Waals surface area (Å²) in [5.41, 5.74) is 2.26. The second kappa shape index (κ2) is 5.01. The summed E-state index contributed by atoms with van der Waals surface area (Å²) in [7, 11) is 1.49. The van der Waals surface area contributed by atoms with Crippen LogP contribution in [-0.2, 0) is 0 Å². The fourth-order valence-corrected chi connectivity index (χ4v) is 1.75. The zero-order chi connectivity index (χ0) is 14.0. The van der Waals surface area contributed by atoms with Gasteiger partial charge >= 0.3 is 0 Å². The highest BCUT2D eigenvalue weighted by atomic mass is 16.5. The first-order valence-electron chi connectivity index (χ1n) is 5.73. The topological polar surface area (TPSA) is 87.2 Å². The zero-order valence-corrected chi connectivity index (χ0v) is 10.9. The lowest BCUT2D eigenvalue weighted by atomic mass is 10.1. The van der Waals surface area contributed by atoms with Crippen molar-refractivity contribution in [3.8, 4) is 11.5 Å². The Balaban J connectivity index is 2.26. The molecule has 1 aromatic heterocycles. The Hall–Kier alpha value is -2.50. The number of phenolic OH excluding ortho intramolecular Hbond substituents is 1. The lowest BCUT2D eigenvalue weighted by Gasteiger charge is -2.08. The van der Waals surface area contributed by atoms with Crippen LogP contribution in [0.5, 0.6) is 11.5 Å². The molecule has 0 bridgehead atoms. The van der Waals surface area contributed by atoms with Gasteiger partial charge in [-0.2, -0.15) is 5.10 Å². The summed E-state index contributed by atoms with van der Waals surface area (Å²) in [6.45, 7) is 3.59. The van der Waals surface area contributed by atoms with Gasteiger partial charge in [0, 0.05) is 6.07 Å². The molecular formula is C13H15N3O3. The summed E-state index contributed by atoms with van der Waals surface area (Å²) in [6, 6.07) is 4.52. The molecule has 1 aromatic carbocycles. The number of phenols is 1.